The Balaban J connectivity index is 1.63. The molecule has 1 saturated heterocycles. The number of rotatable bonds is 6. The van der Waals surface area contributed by atoms with Crippen molar-refractivity contribution in [2.75, 3.05) is 23.3 Å². The Kier molecular flexibility index (Phi) is 6.67. The summed E-state index contributed by atoms with van der Waals surface area (Å²) in [5, 5.41) is 12.6. The topological polar surface area (TPSA) is 74.7 Å². The van der Waals surface area contributed by atoms with Crippen LogP contribution in [0.3, 0.4) is 0 Å². The average molecular weight is 492 g/mol. The van der Waals surface area contributed by atoms with E-state index < -0.39 is 23.4 Å². The zero-order valence-electron chi connectivity index (χ0n) is 18.1. The third-order valence-electron chi connectivity index (χ3n) is 5.43. The maximum absolute atomic E-state index is 14.1. The molecule has 0 unspecified atom stereocenters. The summed E-state index contributed by atoms with van der Waals surface area (Å²) < 4.78 is 43.9. The van der Waals surface area contributed by atoms with E-state index in [1.807, 2.05) is 11.8 Å². The number of nitrogens with one attached hydrogen (secondary N) is 1. The Morgan fingerprint density at radius 2 is 1.94 bits per heavy atom. The number of carbonyl (C=O) groups excluding carboxylic acids is 1. The molecule has 1 aromatic heterocycles. The molecule has 1 amide bonds. The smallest absolute Gasteiger partial charge is 0.420 e. The van der Waals surface area contributed by atoms with Gasteiger partial charge in [0.25, 0.3) is 5.91 Å². The van der Waals surface area contributed by atoms with Gasteiger partial charge in [0.15, 0.2) is 0 Å². The zero-order chi connectivity index (χ0) is 24.5. The van der Waals surface area contributed by atoms with E-state index in [9.17, 15) is 23.1 Å². The monoisotopic (exact) mass is 491 g/mol. The summed E-state index contributed by atoms with van der Waals surface area (Å²) in [5.41, 5.74) is -1.34. The lowest BCUT2D eigenvalue weighted by Gasteiger charge is -2.22. The van der Waals surface area contributed by atoms with Gasteiger partial charge in [0, 0.05) is 42.1 Å². The van der Waals surface area contributed by atoms with Crippen molar-refractivity contribution in [2.45, 2.75) is 25.0 Å². The predicted molar refractivity (Wildman–Crippen MR) is 123 cm³/mol. The first-order chi connectivity index (χ1) is 16.1. The second-order valence-corrected chi connectivity index (χ2v) is 8.41. The second kappa shape index (κ2) is 9.52. The number of hydrogen-bond acceptors (Lipinski definition) is 5. The fourth-order valence-corrected chi connectivity index (χ4v) is 3.88. The highest BCUT2D eigenvalue weighted by molar-refractivity contribution is 6.20. The summed E-state index contributed by atoms with van der Waals surface area (Å²) in [4.78, 5) is 19.3. The van der Waals surface area contributed by atoms with Crippen LogP contribution in [0.4, 0.5) is 24.7 Å². The molecular formula is C24H21ClF3N3O3. The van der Waals surface area contributed by atoms with Crippen LogP contribution < -0.4 is 15.0 Å². The van der Waals surface area contributed by atoms with E-state index in [1.54, 1.807) is 12.1 Å². The molecule has 2 heterocycles. The Morgan fingerprint density at radius 3 is 2.59 bits per heavy atom. The van der Waals surface area contributed by atoms with Crippen LogP contribution in [0.25, 0.3) is 11.1 Å². The number of halogens is 4. The van der Waals surface area contributed by atoms with Crippen LogP contribution in [0.15, 0.2) is 54.7 Å². The van der Waals surface area contributed by atoms with Crippen LogP contribution in [0.5, 0.6) is 5.75 Å². The van der Waals surface area contributed by atoms with Gasteiger partial charge in [-0.3, -0.25) is 4.79 Å². The Hall–Kier alpha value is -3.30. The van der Waals surface area contributed by atoms with Crippen molar-refractivity contribution >= 4 is 29.0 Å². The fourth-order valence-electron chi connectivity index (χ4n) is 3.79. The van der Waals surface area contributed by atoms with Crippen molar-refractivity contribution < 1.29 is 27.8 Å². The minimum atomic E-state index is -3.84. The number of aromatic nitrogens is 1. The van der Waals surface area contributed by atoms with Crippen LogP contribution in [0.1, 0.15) is 22.3 Å². The number of amides is 1. The van der Waals surface area contributed by atoms with Crippen molar-refractivity contribution in [3.63, 3.8) is 0 Å². The van der Waals surface area contributed by atoms with Gasteiger partial charge in [-0.25, -0.2) is 9.37 Å². The number of anilines is 2. The standard InChI is InChI=1S/C24H21ClF3N3O3/c1-14-2-3-16(26)11-20(14)21-10-15(12-29-22(21)31-9-8-18(32)13-31)23(33)30-17-4-6-19(7-5-17)34-24(25,27)28/h2-7,10-12,18,32H,8-9,13H2,1H3,(H,30,33)/t18-/m1/s1. The molecule has 0 bridgehead atoms. The third kappa shape index (κ3) is 5.60. The number of aliphatic hydroxyl groups excluding tert-OH is 1. The third-order valence-corrected chi connectivity index (χ3v) is 5.50. The average Bonchev–Trinajstić information content (AvgIpc) is 3.21. The maximum Gasteiger partial charge on any atom is 0.487 e. The van der Waals surface area contributed by atoms with E-state index in [-0.39, 0.29) is 11.3 Å². The summed E-state index contributed by atoms with van der Waals surface area (Å²) in [6.45, 7) is 2.80. The summed E-state index contributed by atoms with van der Waals surface area (Å²) in [6, 6.07) is 11.3. The first-order valence-corrected chi connectivity index (χ1v) is 10.8. The Bertz CT molecular complexity index is 1200. The largest absolute Gasteiger partial charge is 0.487 e. The molecule has 2 aromatic carbocycles. The van der Waals surface area contributed by atoms with Crippen molar-refractivity contribution in [2.24, 2.45) is 0 Å². The number of aryl methyl sites for hydroxylation is 1. The van der Waals surface area contributed by atoms with Gasteiger partial charge in [-0.05, 0) is 66.9 Å². The zero-order valence-corrected chi connectivity index (χ0v) is 18.8. The lowest BCUT2D eigenvalue weighted by Crippen LogP contribution is -2.23. The molecule has 4 rings (SSSR count). The highest BCUT2D eigenvalue weighted by atomic mass is 35.5. The molecule has 1 atom stereocenters. The van der Waals surface area contributed by atoms with Gasteiger partial charge in [-0.2, -0.15) is 0 Å². The fraction of sp³-hybridized carbons (Fsp3) is 0.250. The molecule has 178 valence electrons. The first-order valence-electron chi connectivity index (χ1n) is 10.5. The molecular weight excluding hydrogens is 471 g/mol. The second-order valence-electron chi connectivity index (χ2n) is 7.97. The van der Waals surface area contributed by atoms with E-state index >= 15 is 0 Å². The maximum atomic E-state index is 14.1. The molecule has 1 aliphatic rings. The van der Waals surface area contributed by atoms with Gasteiger partial charge in [-0.1, -0.05) is 6.07 Å². The van der Waals surface area contributed by atoms with Crippen molar-refractivity contribution in [3.8, 4) is 16.9 Å². The van der Waals surface area contributed by atoms with E-state index in [1.165, 1.54) is 42.6 Å². The quantitative estimate of drug-likeness (QED) is 0.464. The summed E-state index contributed by atoms with van der Waals surface area (Å²) in [6.07, 6.45) is 1.50. The normalized spacial score (nSPS) is 15.9. The molecule has 6 nitrogen and oxygen atoms in total. The molecule has 0 radical (unpaired) electrons. The number of β-amino-alcohol motifs (C(OH)–C–C–N with tert-alkyl or cyclic N) is 1. The van der Waals surface area contributed by atoms with E-state index in [4.69, 9.17) is 11.6 Å². The van der Waals surface area contributed by atoms with Crippen LogP contribution in [-0.2, 0) is 0 Å². The van der Waals surface area contributed by atoms with Crippen molar-refractivity contribution in [1.29, 1.82) is 0 Å². The van der Waals surface area contributed by atoms with Gasteiger partial charge >= 0.3 is 5.57 Å². The summed E-state index contributed by atoms with van der Waals surface area (Å²) in [5.74, 6) is -0.536. The molecule has 3 aromatic rings. The molecule has 0 saturated carbocycles. The summed E-state index contributed by atoms with van der Waals surface area (Å²) >= 11 is 4.75. The molecule has 1 aliphatic heterocycles. The molecule has 2 N–H and O–H groups in total. The first kappa shape index (κ1) is 23.8. The Labute approximate surface area is 198 Å². The highest BCUT2D eigenvalue weighted by Gasteiger charge is 2.28. The lowest BCUT2D eigenvalue weighted by molar-refractivity contribution is -0.0964. The van der Waals surface area contributed by atoms with E-state index in [0.29, 0.717) is 42.1 Å². The number of ether oxygens (including phenoxy) is 1. The van der Waals surface area contributed by atoms with Crippen LogP contribution in [0, 0.1) is 12.7 Å². The molecule has 1 fully saturated rings. The SMILES string of the molecule is Cc1ccc(F)cc1-c1cc(C(=O)Nc2ccc(OC(F)(F)Cl)cc2)cnc1N1CC[C@@H](O)C1. The van der Waals surface area contributed by atoms with Gasteiger partial charge in [0.1, 0.15) is 17.4 Å². The van der Waals surface area contributed by atoms with E-state index in [2.05, 4.69) is 15.0 Å². The highest BCUT2D eigenvalue weighted by Crippen LogP contribution is 2.34. The Morgan fingerprint density at radius 1 is 1.21 bits per heavy atom. The molecule has 34 heavy (non-hydrogen) atoms. The number of carbonyl (C=O) groups is 1. The number of alkyl halides is 3. The number of aliphatic hydroxyl groups is 1. The minimum absolute atomic E-state index is 0.166. The van der Waals surface area contributed by atoms with Crippen LogP contribution >= 0.6 is 11.6 Å². The van der Waals surface area contributed by atoms with Crippen molar-refractivity contribution in [1.82, 2.24) is 4.98 Å². The lowest BCUT2D eigenvalue weighted by atomic mass is 9.99. The number of pyridine rings is 1. The van der Waals surface area contributed by atoms with Gasteiger partial charge in [0.05, 0.1) is 11.7 Å². The predicted octanol–water partition coefficient (Wildman–Crippen LogP) is 5.19. The number of benzene rings is 2. The molecule has 10 heteroatoms. The molecule has 0 aliphatic carbocycles. The summed E-state index contributed by atoms with van der Waals surface area (Å²) in [7, 11) is 0. The van der Waals surface area contributed by atoms with Crippen LogP contribution in [-0.4, -0.2) is 40.8 Å². The number of nitrogens with zero attached hydrogens (tertiary/aromatic N) is 2. The van der Waals surface area contributed by atoms with E-state index in [0.717, 1.165) is 5.56 Å². The minimum Gasteiger partial charge on any atom is -0.420 e. The van der Waals surface area contributed by atoms with Crippen LogP contribution in [0.2, 0.25) is 0 Å². The molecule has 0 spiro atoms. The van der Waals surface area contributed by atoms with Gasteiger partial charge < -0.3 is 20.1 Å². The van der Waals surface area contributed by atoms with Gasteiger partial charge in [-0.15, -0.1) is 8.78 Å². The van der Waals surface area contributed by atoms with Crippen molar-refractivity contribution in [3.05, 3.63) is 71.7 Å². The van der Waals surface area contributed by atoms with Gasteiger partial charge in [0.2, 0.25) is 0 Å². The number of hydrogen-bond donors (Lipinski definition) is 2.